The van der Waals surface area contributed by atoms with Crippen LogP contribution in [0.15, 0.2) is 132 Å². The molecule has 0 saturated carbocycles. The molecule has 0 unspecified atom stereocenters. The van der Waals surface area contributed by atoms with Crippen molar-refractivity contribution in [2.24, 2.45) is 5.92 Å². The molecule has 0 bridgehead atoms. The number of fused-ring (bicyclic) bond motifs is 2. The van der Waals surface area contributed by atoms with Crippen molar-refractivity contribution in [2.75, 3.05) is 9.96 Å². The van der Waals surface area contributed by atoms with Gasteiger partial charge >= 0.3 is 10.1 Å². The van der Waals surface area contributed by atoms with E-state index in [4.69, 9.17) is 9.02 Å². The zero-order valence-electron chi connectivity index (χ0n) is 22.1. The van der Waals surface area contributed by atoms with Crippen LogP contribution in [0.3, 0.4) is 0 Å². The number of rotatable bonds is 6. The van der Waals surface area contributed by atoms with E-state index in [0.717, 1.165) is 10.8 Å². The van der Waals surface area contributed by atoms with Crippen LogP contribution < -0.4 is 14.1 Å². The molecule has 2 saturated heterocycles. The van der Waals surface area contributed by atoms with Crippen molar-refractivity contribution in [3.63, 3.8) is 0 Å². The van der Waals surface area contributed by atoms with Crippen LogP contribution in [0.25, 0.3) is 10.8 Å². The van der Waals surface area contributed by atoms with Gasteiger partial charge in [0.25, 0.3) is 5.91 Å². The lowest BCUT2D eigenvalue weighted by Crippen LogP contribution is -2.37. The first-order chi connectivity index (χ1) is 20.4. The third-order valence-electron chi connectivity index (χ3n) is 7.59. The molecule has 0 spiro atoms. The van der Waals surface area contributed by atoms with E-state index in [9.17, 15) is 18.0 Å². The molecule has 42 heavy (non-hydrogen) atoms. The molecule has 208 valence electrons. The first-order valence-corrected chi connectivity index (χ1v) is 14.8. The minimum atomic E-state index is -4.03. The van der Waals surface area contributed by atoms with Crippen molar-refractivity contribution in [3.8, 4) is 5.75 Å². The third-order valence-corrected chi connectivity index (χ3v) is 8.85. The molecule has 2 heterocycles. The lowest BCUT2D eigenvalue weighted by atomic mass is 9.90. The fourth-order valence-corrected chi connectivity index (χ4v) is 6.63. The van der Waals surface area contributed by atoms with Crippen LogP contribution >= 0.6 is 0 Å². The van der Waals surface area contributed by atoms with Crippen molar-refractivity contribution in [1.82, 2.24) is 0 Å². The van der Waals surface area contributed by atoms with E-state index in [1.54, 1.807) is 41.5 Å². The lowest BCUT2D eigenvalue weighted by Gasteiger charge is -2.29. The summed E-state index contributed by atoms with van der Waals surface area (Å²) in [5.74, 6) is -1.51. The highest BCUT2D eigenvalue weighted by molar-refractivity contribution is 7.87. The smallest absolute Gasteiger partial charge is 0.339 e. The van der Waals surface area contributed by atoms with Gasteiger partial charge in [-0.1, -0.05) is 84.9 Å². The maximum atomic E-state index is 14.1. The van der Waals surface area contributed by atoms with Gasteiger partial charge in [-0.05, 0) is 53.4 Å². The summed E-state index contributed by atoms with van der Waals surface area (Å²) in [5, 5.41) is 3.30. The van der Waals surface area contributed by atoms with Crippen LogP contribution in [0.2, 0.25) is 0 Å². The van der Waals surface area contributed by atoms with Gasteiger partial charge in [0, 0.05) is 5.39 Å². The summed E-state index contributed by atoms with van der Waals surface area (Å²) in [6.45, 7) is 0. The summed E-state index contributed by atoms with van der Waals surface area (Å²) in [6, 6.07) is 36.1. The Labute approximate surface area is 242 Å². The number of carbonyl (C=O) groups excluding carboxylic acids is 2. The lowest BCUT2D eigenvalue weighted by molar-refractivity contribution is -0.126. The highest BCUT2D eigenvalue weighted by Crippen LogP contribution is 2.48. The highest BCUT2D eigenvalue weighted by atomic mass is 32.2. The van der Waals surface area contributed by atoms with Crippen molar-refractivity contribution < 1.29 is 27.0 Å². The van der Waals surface area contributed by atoms with Gasteiger partial charge in [0.2, 0.25) is 5.91 Å². The Morgan fingerprint density at radius 3 is 2.05 bits per heavy atom. The first kappa shape index (κ1) is 25.9. The molecule has 5 aromatic rings. The van der Waals surface area contributed by atoms with E-state index in [1.165, 1.54) is 29.2 Å². The number of hydrogen-bond donors (Lipinski definition) is 0. The predicted octanol–water partition coefficient (Wildman–Crippen LogP) is 5.66. The number of imide groups is 1. The number of carbonyl (C=O) groups is 2. The largest absolute Gasteiger partial charge is 0.379 e. The second-order valence-electron chi connectivity index (χ2n) is 10.1. The second-order valence-corrected chi connectivity index (χ2v) is 11.6. The maximum absolute atomic E-state index is 14.1. The number of benzene rings is 5. The van der Waals surface area contributed by atoms with E-state index in [2.05, 4.69) is 0 Å². The Morgan fingerprint density at radius 2 is 1.31 bits per heavy atom. The van der Waals surface area contributed by atoms with Gasteiger partial charge in [-0.15, -0.1) is 0 Å². The van der Waals surface area contributed by atoms with Crippen LogP contribution in [0.4, 0.5) is 11.4 Å². The fraction of sp³-hybridized carbons (Fsp3) is 0.0909. The topological polar surface area (TPSA) is 93.2 Å². The molecule has 5 aromatic carbocycles. The minimum Gasteiger partial charge on any atom is -0.379 e. The SMILES string of the molecule is O=C1[C@@H]2[C@@H](ON(c3ccccc3)[C@H]2c2ccc(OS(=O)(=O)c3ccccc3)cc2)C(=O)N1c1cccc2ccccc12. The van der Waals surface area contributed by atoms with Gasteiger partial charge in [0.1, 0.15) is 16.6 Å². The third kappa shape index (κ3) is 4.30. The first-order valence-electron chi connectivity index (χ1n) is 13.4. The van der Waals surface area contributed by atoms with Crippen LogP contribution in [0.5, 0.6) is 5.75 Å². The van der Waals surface area contributed by atoms with Crippen LogP contribution in [0.1, 0.15) is 11.6 Å². The average Bonchev–Trinajstić information content (AvgIpc) is 3.53. The molecule has 0 radical (unpaired) electrons. The van der Waals surface area contributed by atoms with Crippen molar-refractivity contribution in [3.05, 3.63) is 133 Å². The van der Waals surface area contributed by atoms with E-state index in [-0.39, 0.29) is 16.6 Å². The Kier molecular flexibility index (Phi) is 6.26. The molecule has 3 atom stereocenters. The van der Waals surface area contributed by atoms with Crippen molar-refractivity contribution in [2.45, 2.75) is 17.0 Å². The molecule has 0 N–H and O–H groups in total. The van der Waals surface area contributed by atoms with Crippen molar-refractivity contribution >= 4 is 44.1 Å². The summed E-state index contributed by atoms with van der Waals surface area (Å²) in [4.78, 5) is 35.4. The van der Waals surface area contributed by atoms with Crippen LogP contribution in [-0.2, 0) is 24.5 Å². The molecule has 2 aliphatic rings. The number of anilines is 2. The van der Waals surface area contributed by atoms with Gasteiger partial charge < -0.3 is 4.18 Å². The van der Waals surface area contributed by atoms with E-state index in [1.807, 2.05) is 66.7 Å². The Morgan fingerprint density at radius 1 is 0.667 bits per heavy atom. The molecule has 7 rings (SSSR count). The zero-order valence-corrected chi connectivity index (χ0v) is 22.9. The number of para-hydroxylation sites is 1. The molecule has 2 aliphatic heterocycles. The quantitative estimate of drug-likeness (QED) is 0.190. The fourth-order valence-electron chi connectivity index (χ4n) is 5.68. The summed E-state index contributed by atoms with van der Waals surface area (Å²) in [5.41, 5.74) is 1.86. The van der Waals surface area contributed by atoms with Gasteiger partial charge in [0.05, 0.1) is 17.4 Å². The van der Waals surface area contributed by atoms with E-state index >= 15 is 0 Å². The highest BCUT2D eigenvalue weighted by Gasteiger charge is 2.60. The molecule has 2 amide bonds. The molecule has 0 aliphatic carbocycles. The molecular formula is C33H24N2O6S. The molecule has 0 aromatic heterocycles. The predicted molar refractivity (Wildman–Crippen MR) is 157 cm³/mol. The molecule has 9 heteroatoms. The van der Waals surface area contributed by atoms with E-state index < -0.39 is 34.1 Å². The molecule has 2 fully saturated rings. The summed E-state index contributed by atoms with van der Waals surface area (Å²) in [6.07, 6.45) is -1.03. The Balaban J connectivity index is 1.25. The van der Waals surface area contributed by atoms with Gasteiger partial charge in [0.15, 0.2) is 6.10 Å². The standard InChI is InChI=1S/C33H24N2O6S/c36-32-29-30(23-18-20-25(21-19-23)41-42(38,39)26-14-5-2-6-15-26)35(24-12-3-1-4-13-24)40-31(29)33(37)34(32)28-17-9-11-22-10-7-8-16-27(22)28/h1-21,29-31H/t29-,30-,31+/m0/s1. The van der Waals surface area contributed by atoms with Crippen molar-refractivity contribution in [1.29, 1.82) is 0 Å². The average molecular weight is 577 g/mol. The van der Waals surface area contributed by atoms with Gasteiger partial charge in [-0.2, -0.15) is 8.42 Å². The van der Waals surface area contributed by atoms with Crippen LogP contribution in [-0.4, -0.2) is 26.3 Å². The maximum Gasteiger partial charge on any atom is 0.339 e. The summed E-state index contributed by atoms with van der Waals surface area (Å²) >= 11 is 0. The monoisotopic (exact) mass is 576 g/mol. The Hall–Kier alpha value is -4.99. The second kappa shape index (κ2) is 10.1. The van der Waals surface area contributed by atoms with E-state index in [0.29, 0.717) is 16.9 Å². The molecule has 8 nitrogen and oxygen atoms in total. The zero-order chi connectivity index (χ0) is 28.8. The normalized spacial score (nSPS) is 20.2. The number of nitrogens with zero attached hydrogens (tertiary/aromatic N) is 2. The summed E-state index contributed by atoms with van der Waals surface area (Å²) < 4.78 is 30.8. The Bertz CT molecular complexity index is 1910. The molecular weight excluding hydrogens is 552 g/mol. The number of hydrogen-bond acceptors (Lipinski definition) is 7. The van der Waals surface area contributed by atoms with Gasteiger partial charge in [-0.3, -0.25) is 14.4 Å². The number of hydroxylamine groups is 1. The van der Waals surface area contributed by atoms with Crippen LogP contribution in [0, 0.1) is 5.92 Å². The summed E-state index contributed by atoms with van der Waals surface area (Å²) in [7, 11) is -4.03. The van der Waals surface area contributed by atoms with Gasteiger partial charge in [-0.25, -0.2) is 9.96 Å². The minimum absolute atomic E-state index is 0.0416. The number of amides is 2.